The summed E-state index contributed by atoms with van der Waals surface area (Å²) in [4.78, 5) is 53.9. The molecule has 1 aliphatic carbocycles. The molecule has 2 fully saturated rings. The molecule has 0 unspecified atom stereocenters. The third-order valence-corrected chi connectivity index (χ3v) is 6.64. The molecule has 2 heterocycles. The number of imide groups is 1. The lowest BCUT2D eigenvalue weighted by Crippen LogP contribution is -2.31. The van der Waals surface area contributed by atoms with Gasteiger partial charge in [0.25, 0.3) is 0 Å². The first-order chi connectivity index (χ1) is 15.9. The van der Waals surface area contributed by atoms with Crippen LogP contribution in [0.15, 0.2) is 66.2 Å². The Hall–Kier alpha value is -3.74. The number of allylic oxidation sites excluding steroid dienone is 2. The molecule has 7 nitrogen and oxygen atoms in total. The van der Waals surface area contributed by atoms with E-state index in [0.29, 0.717) is 18.5 Å². The Morgan fingerprint density at radius 1 is 0.909 bits per heavy atom. The van der Waals surface area contributed by atoms with Gasteiger partial charge in [0.05, 0.1) is 23.4 Å². The van der Waals surface area contributed by atoms with Crippen molar-refractivity contribution >= 4 is 35.1 Å². The molecular weight excluding hydrogens is 420 g/mol. The first kappa shape index (κ1) is 21.1. The van der Waals surface area contributed by atoms with Crippen molar-refractivity contribution in [3.8, 4) is 5.75 Å². The first-order valence-electron chi connectivity index (χ1n) is 11.1. The average Bonchev–Trinajstić information content (AvgIpc) is 3.32. The maximum atomic E-state index is 13.0. The van der Waals surface area contributed by atoms with E-state index < -0.39 is 11.9 Å². The van der Waals surface area contributed by atoms with E-state index in [4.69, 9.17) is 4.74 Å². The Balaban J connectivity index is 1.29. The van der Waals surface area contributed by atoms with E-state index in [1.165, 1.54) is 11.0 Å². The second-order valence-corrected chi connectivity index (χ2v) is 8.87. The number of para-hydroxylation sites is 1. The largest absolute Gasteiger partial charge is 0.426 e. The Morgan fingerprint density at radius 2 is 1.64 bits per heavy atom. The summed E-state index contributed by atoms with van der Waals surface area (Å²) in [6.45, 7) is 2.23. The maximum Gasteiger partial charge on any atom is 0.316 e. The van der Waals surface area contributed by atoms with Gasteiger partial charge in [-0.15, -0.1) is 0 Å². The number of ether oxygens (including phenoxy) is 1. The number of carbonyl (C=O) groups is 4. The van der Waals surface area contributed by atoms with Crippen LogP contribution in [0.1, 0.15) is 26.2 Å². The maximum absolute atomic E-state index is 13.0. The summed E-state index contributed by atoms with van der Waals surface area (Å²) < 4.78 is 5.56. The van der Waals surface area contributed by atoms with Crippen molar-refractivity contribution in [3.05, 3.63) is 66.2 Å². The van der Waals surface area contributed by atoms with Crippen LogP contribution in [-0.2, 0) is 19.2 Å². The van der Waals surface area contributed by atoms with Gasteiger partial charge in [0, 0.05) is 24.7 Å². The molecular formula is C26H24N2O5. The molecule has 3 amide bonds. The van der Waals surface area contributed by atoms with Crippen LogP contribution in [0.25, 0.3) is 0 Å². The third kappa shape index (κ3) is 3.84. The van der Waals surface area contributed by atoms with Crippen LogP contribution >= 0.6 is 0 Å². The van der Waals surface area contributed by atoms with Gasteiger partial charge in [-0.2, -0.15) is 0 Å². The van der Waals surface area contributed by atoms with Gasteiger partial charge in [-0.25, -0.2) is 4.90 Å². The fourth-order valence-electron chi connectivity index (χ4n) is 4.90. The van der Waals surface area contributed by atoms with E-state index in [-0.39, 0.29) is 48.3 Å². The lowest BCUT2D eigenvalue weighted by atomic mass is 9.82. The Morgan fingerprint density at radius 3 is 2.42 bits per heavy atom. The van der Waals surface area contributed by atoms with Gasteiger partial charge in [0.15, 0.2) is 0 Å². The summed E-state index contributed by atoms with van der Waals surface area (Å²) >= 11 is 0. The second kappa shape index (κ2) is 8.31. The highest BCUT2D eigenvalue weighted by molar-refractivity contribution is 6.22. The summed E-state index contributed by atoms with van der Waals surface area (Å²) in [6, 6.07) is 15.7. The zero-order valence-corrected chi connectivity index (χ0v) is 18.3. The van der Waals surface area contributed by atoms with Crippen LogP contribution in [0.5, 0.6) is 5.75 Å². The molecule has 0 bridgehead atoms. The van der Waals surface area contributed by atoms with Crippen molar-refractivity contribution in [2.24, 2.45) is 17.8 Å². The summed E-state index contributed by atoms with van der Waals surface area (Å²) in [7, 11) is 0. The minimum atomic E-state index is -0.590. The molecule has 2 aromatic carbocycles. The van der Waals surface area contributed by atoms with Crippen molar-refractivity contribution in [2.75, 3.05) is 16.3 Å². The number of esters is 1. The number of hydrogen-bond donors (Lipinski definition) is 0. The fraction of sp³-hybridized carbons (Fsp3) is 0.308. The average molecular weight is 444 g/mol. The smallest absolute Gasteiger partial charge is 0.316 e. The molecule has 2 aromatic rings. The standard InChI is InChI=1S/C26H24N2O5/c1-16-10-11-21-22(12-16)25(31)28(24(21)30)19-8-5-9-20(14-19)33-26(32)17-13-23(29)27(15-17)18-6-3-2-4-7-18/h2-10,14,17,21-22H,11-13,15H2,1H3/t17-,21-,22+/m0/s1. The zero-order valence-electron chi connectivity index (χ0n) is 18.3. The van der Waals surface area contributed by atoms with Crippen molar-refractivity contribution in [3.63, 3.8) is 0 Å². The molecule has 0 saturated carbocycles. The van der Waals surface area contributed by atoms with E-state index in [9.17, 15) is 19.2 Å². The Kier molecular flexibility index (Phi) is 5.32. The van der Waals surface area contributed by atoms with E-state index in [1.807, 2.05) is 43.3 Å². The van der Waals surface area contributed by atoms with Crippen molar-refractivity contribution in [1.29, 1.82) is 0 Å². The molecule has 3 aliphatic rings. The van der Waals surface area contributed by atoms with Crippen molar-refractivity contribution in [2.45, 2.75) is 26.2 Å². The van der Waals surface area contributed by atoms with Gasteiger partial charge in [0.2, 0.25) is 17.7 Å². The highest BCUT2D eigenvalue weighted by Crippen LogP contribution is 2.40. The highest BCUT2D eigenvalue weighted by atomic mass is 16.5. The zero-order chi connectivity index (χ0) is 23.1. The number of amides is 3. The number of carbonyl (C=O) groups excluding carboxylic acids is 4. The molecule has 7 heteroatoms. The molecule has 2 saturated heterocycles. The summed E-state index contributed by atoms with van der Waals surface area (Å²) in [6.07, 6.45) is 3.26. The molecule has 168 valence electrons. The van der Waals surface area contributed by atoms with Gasteiger partial charge in [-0.3, -0.25) is 19.2 Å². The van der Waals surface area contributed by atoms with Crippen molar-refractivity contribution in [1.82, 2.24) is 0 Å². The number of rotatable bonds is 4. The first-order valence-corrected chi connectivity index (χ1v) is 11.1. The monoisotopic (exact) mass is 444 g/mol. The van der Waals surface area contributed by atoms with E-state index in [2.05, 4.69) is 0 Å². The summed E-state index contributed by atoms with van der Waals surface area (Å²) in [5.74, 6) is -2.06. The number of hydrogen-bond acceptors (Lipinski definition) is 5. The molecule has 33 heavy (non-hydrogen) atoms. The predicted octanol–water partition coefficient (Wildman–Crippen LogP) is 3.49. The number of benzene rings is 2. The molecule has 3 atom stereocenters. The predicted molar refractivity (Wildman–Crippen MR) is 121 cm³/mol. The number of anilines is 2. The van der Waals surface area contributed by atoms with Crippen LogP contribution in [0, 0.1) is 17.8 Å². The van der Waals surface area contributed by atoms with E-state index in [0.717, 1.165) is 11.3 Å². The topological polar surface area (TPSA) is 84.0 Å². The van der Waals surface area contributed by atoms with E-state index in [1.54, 1.807) is 23.1 Å². The second-order valence-electron chi connectivity index (χ2n) is 8.87. The lowest BCUT2D eigenvalue weighted by Gasteiger charge is -2.18. The van der Waals surface area contributed by atoms with E-state index >= 15 is 0 Å². The summed E-state index contributed by atoms with van der Waals surface area (Å²) in [5, 5.41) is 0. The van der Waals surface area contributed by atoms with Crippen LogP contribution in [0.2, 0.25) is 0 Å². The molecule has 0 aromatic heterocycles. The number of nitrogens with zero attached hydrogens (tertiary/aromatic N) is 2. The molecule has 2 aliphatic heterocycles. The quantitative estimate of drug-likeness (QED) is 0.312. The highest BCUT2D eigenvalue weighted by Gasteiger charge is 2.48. The molecule has 5 rings (SSSR count). The minimum Gasteiger partial charge on any atom is -0.426 e. The SMILES string of the molecule is CC1=CC[C@@H]2C(=O)N(c3cccc(OC(=O)[C@H]4CC(=O)N(c5ccccc5)C4)c3)C(=O)[C@@H]2C1. The van der Waals surface area contributed by atoms with Crippen LogP contribution in [0.3, 0.4) is 0 Å². The Bertz CT molecular complexity index is 1170. The van der Waals surface area contributed by atoms with Gasteiger partial charge in [-0.05, 0) is 44.0 Å². The van der Waals surface area contributed by atoms with Crippen LogP contribution in [-0.4, -0.2) is 30.2 Å². The Labute approximate surface area is 191 Å². The van der Waals surface area contributed by atoms with Gasteiger partial charge < -0.3 is 9.64 Å². The number of fused-ring (bicyclic) bond motifs is 1. The normalized spacial score (nSPS) is 24.7. The van der Waals surface area contributed by atoms with Gasteiger partial charge in [-0.1, -0.05) is 35.9 Å². The van der Waals surface area contributed by atoms with Crippen LogP contribution < -0.4 is 14.5 Å². The van der Waals surface area contributed by atoms with Crippen LogP contribution in [0.4, 0.5) is 11.4 Å². The lowest BCUT2D eigenvalue weighted by molar-refractivity contribution is -0.139. The molecule has 0 N–H and O–H groups in total. The molecule has 0 spiro atoms. The fourth-order valence-corrected chi connectivity index (χ4v) is 4.90. The summed E-state index contributed by atoms with van der Waals surface area (Å²) in [5.41, 5.74) is 2.27. The third-order valence-electron chi connectivity index (χ3n) is 6.64. The van der Waals surface area contributed by atoms with Gasteiger partial charge >= 0.3 is 5.97 Å². The van der Waals surface area contributed by atoms with Crippen molar-refractivity contribution < 1.29 is 23.9 Å². The molecule has 0 radical (unpaired) electrons. The minimum absolute atomic E-state index is 0.0756. The van der Waals surface area contributed by atoms with Gasteiger partial charge in [0.1, 0.15) is 5.75 Å².